The van der Waals surface area contributed by atoms with Gasteiger partial charge in [0.25, 0.3) is 0 Å². The van der Waals surface area contributed by atoms with E-state index in [2.05, 4.69) is 59.4 Å². The van der Waals surface area contributed by atoms with E-state index in [0.717, 1.165) is 28.9 Å². The summed E-state index contributed by atoms with van der Waals surface area (Å²) in [5.41, 5.74) is 12.3. The van der Waals surface area contributed by atoms with E-state index in [4.69, 9.17) is 5.73 Å². The van der Waals surface area contributed by atoms with Crippen molar-refractivity contribution in [2.45, 2.75) is 19.9 Å². The van der Waals surface area contributed by atoms with Crippen LogP contribution >= 0.6 is 0 Å². The molecule has 0 bridgehead atoms. The van der Waals surface area contributed by atoms with Gasteiger partial charge in [0.1, 0.15) is 6.33 Å². The highest BCUT2D eigenvalue weighted by Gasteiger charge is 2.03. The molecule has 0 spiro atoms. The molecule has 0 aliphatic carbocycles. The molecule has 2 N–H and O–H groups in total. The number of rotatable bonds is 4. The van der Waals surface area contributed by atoms with Gasteiger partial charge in [-0.05, 0) is 24.1 Å². The van der Waals surface area contributed by atoms with Gasteiger partial charge in [-0.15, -0.1) is 0 Å². The van der Waals surface area contributed by atoms with Crippen LogP contribution in [0.2, 0.25) is 0 Å². The van der Waals surface area contributed by atoms with Crippen molar-refractivity contribution in [3.8, 4) is 11.3 Å². The predicted molar refractivity (Wildman–Crippen MR) is 89.3 cm³/mol. The Morgan fingerprint density at radius 1 is 0.864 bits per heavy atom. The van der Waals surface area contributed by atoms with Crippen molar-refractivity contribution in [1.82, 2.24) is 9.97 Å². The first-order valence-corrected chi connectivity index (χ1v) is 7.40. The van der Waals surface area contributed by atoms with Gasteiger partial charge in [0.2, 0.25) is 0 Å². The molecule has 2 aromatic carbocycles. The molecule has 0 radical (unpaired) electrons. The summed E-state index contributed by atoms with van der Waals surface area (Å²) in [7, 11) is 0. The Labute approximate surface area is 130 Å². The molecule has 0 unspecified atom stereocenters. The van der Waals surface area contributed by atoms with Crippen LogP contribution in [0.25, 0.3) is 11.3 Å². The normalized spacial score (nSPS) is 10.6. The summed E-state index contributed by atoms with van der Waals surface area (Å²) in [5, 5.41) is 0. The lowest BCUT2D eigenvalue weighted by molar-refractivity contribution is 1.03. The summed E-state index contributed by atoms with van der Waals surface area (Å²) in [6.07, 6.45) is 2.45. The van der Waals surface area contributed by atoms with Gasteiger partial charge in [0.05, 0.1) is 5.69 Å². The molecular weight excluding hydrogens is 270 g/mol. The van der Waals surface area contributed by atoms with Gasteiger partial charge in [-0.2, -0.15) is 0 Å². The number of hydrogen-bond acceptors (Lipinski definition) is 3. The zero-order chi connectivity index (χ0) is 15.4. The maximum atomic E-state index is 5.63. The highest BCUT2D eigenvalue weighted by atomic mass is 14.8. The van der Waals surface area contributed by atoms with Crippen LogP contribution in [0.1, 0.15) is 22.4 Å². The Morgan fingerprint density at radius 2 is 1.55 bits per heavy atom. The van der Waals surface area contributed by atoms with E-state index in [1.54, 1.807) is 6.33 Å². The van der Waals surface area contributed by atoms with Gasteiger partial charge >= 0.3 is 0 Å². The second-order valence-corrected chi connectivity index (χ2v) is 5.46. The lowest BCUT2D eigenvalue weighted by Gasteiger charge is -2.06. The summed E-state index contributed by atoms with van der Waals surface area (Å²) in [6.45, 7) is 2.65. The predicted octanol–water partition coefficient (Wildman–Crippen LogP) is 3.50. The van der Waals surface area contributed by atoms with Crippen LogP contribution in [-0.4, -0.2) is 9.97 Å². The number of aromatic nitrogens is 2. The second-order valence-electron chi connectivity index (χ2n) is 5.46. The Morgan fingerprint density at radius 3 is 2.23 bits per heavy atom. The van der Waals surface area contributed by atoms with Crippen molar-refractivity contribution >= 4 is 0 Å². The average molecular weight is 289 g/mol. The van der Waals surface area contributed by atoms with E-state index >= 15 is 0 Å². The molecule has 1 heterocycles. The maximum Gasteiger partial charge on any atom is 0.116 e. The topological polar surface area (TPSA) is 51.8 Å². The summed E-state index contributed by atoms with van der Waals surface area (Å²) in [4.78, 5) is 8.76. The Hall–Kier alpha value is -2.52. The van der Waals surface area contributed by atoms with Crippen molar-refractivity contribution < 1.29 is 0 Å². The van der Waals surface area contributed by atoms with Crippen LogP contribution < -0.4 is 5.73 Å². The summed E-state index contributed by atoms with van der Waals surface area (Å²) in [6, 6.07) is 18.8. The third kappa shape index (κ3) is 3.38. The quantitative estimate of drug-likeness (QED) is 0.799. The third-order valence-corrected chi connectivity index (χ3v) is 3.71. The molecule has 110 valence electrons. The summed E-state index contributed by atoms with van der Waals surface area (Å²) in [5.74, 6) is 0. The monoisotopic (exact) mass is 289 g/mol. The molecule has 22 heavy (non-hydrogen) atoms. The molecule has 0 saturated heterocycles. The molecule has 3 nitrogen and oxygen atoms in total. The lowest BCUT2D eigenvalue weighted by atomic mass is 10.0. The number of aryl methyl sites for hydroxylation is 1. The Kier molecular flexibility index (Phi) is 4.26. The van der Waals surface area contributed by atoms with Gasteiger partial charge in [0, 0.05) is 24.2 Å². The minimum Gasteiger partial charge on any atom is -0.326 e. The fourth-order valence-electron chi connectivity index (χ4n) is 2.38. The molecule has 0 amide bonds. The van der Waals surface area contributed by atoms with E-state index in [-0.39, 0.29) is 0 Å². The fraction of sp³-hybridized carbons (Fsp3) is 0.158. The van der Waals surface area contributed by atoms with Crippen LogP contribution in [0.5, 0.6) is 0 Å². The van der Waals surface area contributed by atoms with Gasteiger partial charge < -0.3 is 5.73 Å². The minimum absolute atomic E-state index is 0.558. The molecule has 0 atom stereocenters. The maximum absolute atomic E-state index is 5.63. The molecule has 3 heteroatoms. The number of benzene rings is 2. The van der Waals surface area contributed by atoms with E-state index in [1.165, 1.54) is 11.1 Å². The average Bonchev–Trinajstić information content (AvgIpc) is 2.57. The van der Waals surface area contributed by atoms with Crippen molar-refractivity contribution in [3.05, 3.63) is 83.3 Å². The molecule has 0 saturated carbocycles. The van der Waals surface area contributed by atoms with Crippen molar-refractivity contribution in [1.29, 1.82) is 0 Å². The standard InChI is InChI=1S/C19H19N3/c1-14-2-4-15(5-3-14)10-18-11-19(22-13-21-18)17-8-6-16(12-20)7-9-17/h2-9,11,13H,10,12,20H2,1H3. The molecule has 0 aliphatic rings. The van der Waals surface area contributed by atoms with Crippen molar-refractivity contribution in [3.63, 3.8) is 0 Å². The van der Waals surface area contributed by atoms with Crippen LogP contribution in [0, 0.1) is 6.92 Å². The van der Waals surface area contributed by atoms with Gasteiger partial charge in [-0.1, -0.05) is 54.1 Å². The zero-order valence-electron chi connectivity index (χ0n) is 12.7. The summed E-state index contributed by atoms with van der Waals surface area (Å²) < 4.78 is 0. The van der Waals surface area contributed by atoms with Crippen LogP contribution in [0.4, 0.5) is 0 Å². The van der Waals surface area contributed by atoms with Crippen LogP contribution in [-0.2, 0) is 13.0 Å². The van der Waals surface area contributed by atoms with Crippen molar-refractivity contribution in [2.75, 3.05) is 0 Å². The number of nitrogens with zero attached hydrogens (tertiary/aromatic N) is 2. The first-order valence-electron chi connectivity index (χ1n) is 7.40. The van der Waals surface area contributed by atoms with Gasteiger partial charge in [-0.25, -0.2) is 9.97 Å². The lowest BCUT2D eigenvalue weighted by Crippen LogP contribution is -1.97. The van der Waals surface area contributed by atoms with Gasteiger partial charge in [-0.3, -0.25) is 0 Å². The SMILES string of the molecule is Cc1ccc(Cc2cc(-c3ccc(CN)cc3)ncn2)cc1. The smallest absolute Gasteiger partial charge is 0.116 e. The summed E-state index contributed by atoms with van der Waals surface area (Å²) >= 11 is 0. The first-order chi connectivity index (χ1) is 10.7. The van der Waals surface area contributed by atoms with Crippen LogP contribution in [0.15, 0.2) is 60.9 Å². The number of hydrogen-bond donors (Lipinski definition) is 1. The minimum atomic E-state index is 0.558. The first kappa shape index (κ1) is 14.4. The highest BCUT2D eigenvalue weighted by molar-refractivity contribution is 5.59. The Balaban J connectivity index is 1.83. The fourth-order valence-corrected chi connectivity index (χ4v) is 2.38. The third-order valence-electron chi connectivity index (χ3n) is 3.71. The van der Waals surface area contributed by atoms with E-state index < -0.39 is 0 Å². The number of nitrogens with two attached hydrogens (primary N) is 1. The van der Waals surface area contributed by atoms with Gasteiger partial charge in [0.15, 0.2) is 0 Å². The second kappa shape index (κ2) is 6.50. The van der Waals surface area contributed by atoms with Crippen LogP contribution in [0.3, 0.4) is 0 Å². The van der Waals surface area contributed by atoms with E-state index in [0.29, 0.717) is 6.54 Å². The van der Waals surface area contributed by atoms with E-state index in [9.17, 15) is 0 Å². The zero-order valence-corrected chi connectivity index (χ0v) is 12.7. The molecule has 3 aromatic rings. The molecular formula is C19H19N3. The van der Waals surface area contributed by atoms with E-state index in [1.807, 2.05) is 12.1 Å². The molecule has 0 fully saturated rings. The van der Waals surface area contributed by atoms with Crippen molar-refractivity contribution in [2.24, 2.45) is 5.73 Å². The molecule has 0 aliphatic heterocycles. The Bertz CT molecular complexity index is 746. The molecule has 3 rings (SSSR count). The largest absolute Gasteiger partial charge is 0.326 e. The molecule has 1 aromatic heterocycles. The highest BCUT2D eigenvalue weighted by Crippen LogP contribution is 2.19.